The van der Waals surface area contributed by atoms with Gasteiger partial charge in [0.2, 0.25) is 0 Å². The van der Waals surface area contributed by atoms with Crippen LogP contribution in [0.5, 0.6) is 0 Å². The first-order chi connectivity index (χ1) is 14.6. The molecule has 0 fully saturated rings. The van der Waals surface area contributed by atoms with Gasteiger partial charge in [-0.3, -0.25) is 23.7 Å². The Morgan fingerprint density at radius 1 is 0.906 bits per heavy atom. The molecule has 0 aliphatic heterocycles. The largest absolute Gasteiger partial charge is 0.481 e. The van der Waals surface area contributed by atoms with E-state index < -0.39 is 56.1 Å². The Morgan fingerprint density at radius 3 is 1.78 bits per heavy atom. The van der Waals surface area contributed by atoms with Crippen molar-refractivity contribution in [2.24, 2.45) is 0 Å². The summed E-state index contributed by atoms with van der Waals surface area (Å²) >= 11 is 0. The molecule has 32 heavy (non-hydrogen) atoms. The Hall–Kier alpha value is -2.70. The molecule has 0 aliphatic rings. The summed E-state index contributed by atoms with van der Waals surface area (Å²) in [6.07, 6.45) is -0.741. The Morgan fingerprint density at radius 2 is 1.41 bits per heavy atom. The fourth-order valence-electron chi connectivity index (χ4n) is 1.72. The molecular formula is C14H23BNO14S2. The zero-order valence-electron chi connectivity index (χ0n) is 16.6. The van der Waals surface area contributed by atoms with Gasteiger partial charge in [0.15, 0.2) is 0 Å². The van der Waals surface area contributed by atoms with Gasteiger partial charge in [-0.1, -0.05) is 0 Å². The number of ketones is 1. The third-order valence-corrected chi connectivity index (χ3v) is 4.33. The quantitative estimate of drug-likeness (QED) is 0.0711. The fraction of sp³-hybridized carbons (Fsp3) is 0.643. The van der Waals surface area contributed by atoms with E-state index in [1.165, 1.54) is 7.41 Å². The second-order valence-electron chi connectivity index (χ2n) is 5.66. The van der Waals surface area contributed by atoms with E-state index in [1.807, 2.05) is 0 Å². The number of carbonyl (C=O) groups is 5. The van der Waals surface area contributed by atoms with Crippen molar-refractivity contribution in [1.29, 1.82) is 0 Å². The molecule has 0 amide bonds. The molecule has 1 radical (unpaired) electrons. The molecule has 1 atom stereocenters. The number of aliphatic carboxylic acids is 3. The van der Waals surface area contributed by atoms with Gasteiger partial charge in [-0.2, -0.15) is 8.42 Å². The van der Waals surface area contributed by atoms with E-state index in [9.17, 15) is 32.4 Å². The predicted octanol–water partition coefficient (Wildman–Crippen LogP) is -1.82. The van der Waals surface area contributed by atoms with Gasteiger partial charge in [-0.15, -0.1) is 12.6 Å². The molecule has 0 spiro atoms. The van der Waals surface area contributed by atoms with Crippen LogP contribution < -0.4 is 5.23 Å². The van der Waals surface area contributed by atoms with E-state index >= 15 is 0 Å². The standard InChI is InChI=1S/C9H14O8S.C5H9BNO3.O3S/c10-6(2-4-8(11)12)1-3-7(5-9(13)14)18(15,16)17;8-4-6-7-3-1-2-5(9)10;1-4(2)3/h7H,1-5H2,(H,11,12)(H,13,14)(H,15,16,17);4,7H,1-3H2,(H,9,10);. The summed E-state index contributed by atoms with van der Waals surface area (Å²) in [5.41, 5.74) is 0. The molecule has 0 aliphatic carbocycles. The van der Waals surface area contributed by atoms with Crippen molar-refractivity contribution in [2.75, 3.05) is 6.54 Å². The van der Waals surface area contributed by atoms with Crippen LogP contribution in [-0.4, -0.2) is 90.0 Å². The van der Waals surface area contributed by atoms with Crippen molar-refractivity contribution in [3.05, 3.63) is 0 Å². The average molecular weight is 504 g/mol. The Balaban J connectivity index is -0.000000502. The smallest absolute Gasteiger partial charge is 0.425 e. The molecule has 0 heterocycles. The number of carbonyl (C=O) groups excluding carboxylic acids is 2. The maximum absolute atomic E-state index is 11.2. The zero-order chi connectivity index (χ0) is 25.7. The lowest BCUT2D eigenvalue weighted by Gasteiger charge is -2.10. The van der Waals surface area contributed by atoms with E-state index in [1.54, 1.807) is 0 Å². The second-order valence-corrected chi connectivity index (χ2v) is 7.77. The topological polar surface area (TPSA) is 264 Å². The molecule has 18 heteroatoms. The van der Waals surface area contributed by atoms with Gasteiger partial charge in [0.05, 0.1) is 24.3 Å². The predicted molar refractivity (Wildman–Crippen MR) is 106 cm³/mol. The highest BCUT2D eigenvalue weighted by atomic mass is 32.2. The van der Waals surface area contributed by atoms with Crippen molar-refractivity contribution in [3.8, 4) is 0 Å². The molecule has 0 aromatic carbocycles. The van der Waals surface area contributed by atoms with Crippen LogP contribution in [0.3, 0.4) is 0 Å². The summed E-state index contributed by atoms with van der Waals surface area (Å²) in [5, 5.41) is 26.0. The molecule has 183 valence electrons. The van der Waals surface area contributed by atoms with Crippen LogP contribution in [0.25, 0.3) is 0 Å². The van der Waals surface area contributed by atoms with Crippen molar-refractivity contribution < 1.29 is 64.9 Å². The summed E-state index contributed by atoms with van der Waals surface area (Å²) in [6.45, 7) is 0.533. The molecule has 0 saturated heterocycles. The van der Waals surface area contributed by atoms with Crippen molar-refractivity contribution >= 4 is 58.0 Å². The van der Waals surface area contributed by atoms with Gasteiger partial charge in [-0.25, -0.2) is 0 Å². The van der Waals surface area contributed by atoms with Crippen LogP contribution in [0, 0.1) is 0 Å². The van der Waals surface area contributed by atoms with Crippen molar-refractivity contribution in [2.45, 2.75) is 50.2 Å². The minimum Gasteiger partial charge on any atom is -0.481 e. The van der Waals surface area contributed by atoms with Crippen LogP contribution in [0.1, 0.15) is 44.9 Å². The van der Waals surface area contributed by atoms with Crippen molar-refractivity contribution in [3.63, 3.8) is 0 Å². The maximum atomic E-state index is 11.2. The second kappa shape index (κ2) is 20.2. The number of rotatable bonds is 15. The summed E-state index contributed by atoms with van der Waals surface area (Å²) in [6, 6.07) is 0. The molecule has 1 unspecified atom stereocenters. The highest BCUT2D eigenvalue weighted by Gasteiger charge is 2.26. The van der Waals surface area contributed by atoms with Crippen LogP contribution >= 0.6 is 0 Å². The lowest BCUT2D eigenvalue weighted by Crippen LogP contribution is -2.24. The molecule has 0 saturated carbocycles. The third kappa shape index (κ3) is 32.0. The minimum absolute atomic E-state index is 0.139. The van der Waals surface area contributed by atoms with E-state index in [2.05, 4.69) is 5.23 Å². The average Bonchev–Trinajstić information content (AvgIpc) is 2.62. The van der Waals surface area contributed by atoms with E-state index in [0.717, 1.165) is 0 Å². The summed E-state index contributed by atoms with van der Waals surface area (Å²) in [7, 11) is -6.40. The van der Waals surface area contributed by atoms with Gasteiger partial charge in [-0.05, 0) is 19.4 Å². The Bertz CT molecular complexity index is 818. The zero-order valence-corrected chi connectivity index (χ0v) is 18.2. The van der Waals surface area contributed by atoms with Crippen LogP contribution in [-0.2, 0) is 44.7 Å². The normalized spacial score (nSPS) is 10.8. The fourth-order valence-corrected chi connectivity index (χ4v) is 2.49. The first-order valence-corrected chi connectivity index (χ1v) is 11.0. The van der Waals surface area contributed by atoms with Gasteiger partial charge in [0.25, 0.3) is 17.5 Å². The third-order valence-electron chi connectivity index (χ3n) is 3.08. The first kappa shape index (κ1) is 33.9. The Labute approximate surface area is 185 Å². The molecule has 0 aromatic heterocycles. The number of hydrogen-bond acceptors (Lipinski definition) is 11. The van der Waals surface area contributed by atoms with Crippen LogP contribution in [0.15, 0.2) is 0 Å². The Kier molecular flexibility index (Phi) is 21.4. The molecular weight excluding hydrogens is 481 g/mol. The molecule has 5 N–H and O–H groups in total. The number of nitrogens with one attached hydrogen (secondary N) is 1. The molecule has 0 bridgehead atoms. The highest BCUT2D eigenvalue weighted by molar-refractivity contribution is 7.86. The number of hydrogen-bond donors (Lipinski definition) is 5. The van der Waals surface area contributed by atoms with Gasteiger partial charge in [0.1, 0.15) is 5.78 Å². The highest BCUT2D eigenvalue weighted by Crippen LogP contribution is 2.13. The number of carboxylic acid groups (broad SMARTS) is 3. The summed E-state index contributed by atoms with van der Waals surface area (Å²) < 4.78 is 55.8. The van der Waals surface area contributed by atoms with E-state index in [4.69, 9.17) is 32.5 Å². The van der Waals surface area contributed by atoms with Gasteiger partial charge in [0, 0.05) is 19.3 Å². The molecule has 0 rings (SSSR count). The van der Waals surface area contributed by atoms with Gasteiger partial charge < -0.3 is 25.3 Å². The number of Topliss-reactive ketones (excluding diaryl/α,β-unsaturated/α-hetero) is 1. The van der Waals surface area contributed by atoms with Gasteiger partial charge >= 0.3 is 28.5 Å². The summed E-state index contributed by atoms with van der Waals surface area (Å²) in [4.78, 5) is 51.3. The lowest BCUT2D eigenvalue weighted by molar-refractivity contribution is -0.138. The molecule has 15 nitrogen and oxygen atoms in total. The van der Waals surface area contributed by atoms with Crippen molar-refractivity contribution in [1.82, 2.24) is 5.23 Å². The first-order valence-electron chi connectivity index (χ1n) is 8.53. The lowest BCUT2D eigenvalue weighted by atomic mass is 9.99. The monoisotopic (exact) mass is 504 g/mol. The van der Waals surface area contributed by atoms with E-state index in [-0.39, 0.29) is 32.1 Å². The van der Waals surface area contributed by atoms with E-state index in [0.29, 0.717) is 19.2 Å². The molecule has 0 aromatic rings. The summed E-state index contributed by atoms with van der Waals surface area (Å²) in [5.74, 6) is -3.86. The SMILES string of the molecule is O=C(O)CCC(=O)CCC(CC(=O)O)S(=O)(=O)O.O=C[B]NCCCC(=O)O.O=S(=O)=O. The van der Waals surface area contributed by atoms with Crippen LogP contribution in [0.4, 0.5) is 0 Å². The maximum Gasteiger partial charge on any atom is 0.425 e. The van der Waals surface area contributed by atoms with Crippen LogP contribution in [0.2, 0.25) is 0 Å². The number of carboxylic acids is 3. The minimum atomic E-state index is -4.54.